The van der Waals surface area contributed by atoms with Crippen LogP contribution < -0.4 is 5.32 Å². The Morgan fingerprint density at radius 2 is 2.11 bits per heavy atom. The van der Waals surface area contributed by atoms with Gasteiger partial charge in [0.25, 0.3) is 0 Å². The first-order valence-electron chi connectivity index (χ1n) is 7.75. The number of hydrogen-bond acceptors (Lipinski definition) is 3. The summed E-state index contributed by atoms with van der Waals surface area (Å²) in [4.78, 5) is 2.52. The quantitative estimate of drug-likeness (QED) is 0.787. The molecule has 0 radical (unpaired) electrons. The molecule has 0 aromatic carbocycles. The van der Waals surface area contributed by atoms with E-state index in [0.29, 0.717) is 11.5 Å². The van der Waals surface area contributed by atoms with Gasteiger partial charge in [-0.2, -0.15) is 0 Å². The number of likely N-dealkylation sites (N-methyl/N-ethyl adjacent to an activating group) is 1. The molecule has 2 rings (SSSR count). The van der Waals surface area contributed by atoms with E-state index in [1.165, 1.54) is 58.2 Å². The molecule has 3 nitrogen and oxygen atoms in total. The van der Waals surface area contributed by atoms with Crippen LogP contribution in [-0.4, -0.2) is 50.8 Å². The molecule has 106 valence electrons. The summed E-state index contributed by atoms with van der Waals surface area (Å²) in [5.41, 5.74) is 0.563. The van der Waals surface area contributed by atoms with E-state index in [2.05, 4.69) is 24.2 Å². The summed E-state index contributed by atoms with van der Waals surface area (Å²) in [5, 5.41) is 3.50. The normalized spacial score (nSPS) is 27.8. The number of nitrogens with one attached hydrogen (secondary N) is 1. The Balaban J connectivity index is 1.82. The first kappa shape index (κ1) is 14.3. The van der Waals surface area contributed by atoms with Crippen molar-refractivity contribution in [1.82, 2.24) is 10.2 Å². The van der Waals surface area contributed by atoms with Gasteiger partial charge in [-0.3, -0.25) is 0 Å². The van der Waals surface area contributed by atoms with Crippen molar-refractivity contribution in [3.8, 4) is 0 Å². The maximum atomic E-state index is 5.75. The monoisotopic (exact) mass is 254 g/mol. The van der Waals surface area contributed by atoms with E-state index in [1.807, 2.05) is 0 Å². The summed E-state index contributed by atoms with van der Waals surface area (Å²) in [6, 6.07) is 0. The molecule has 2 fully saturated rings. The van der Waals surface area contributed by atoms with Crippen molar-refractivity contribution >= 4 is 0 Å². The zero-order valence-corrected chi connectivity index (χ0v) is 12.2. The van der Waals surface area contributed by atoms with Gasteiger partial charge in [-0.25, -0.2) is 0 Å². The maximum Gasteiger partial charge on any atom is 0.0702 e. The van der Waals surface area contributed by atoms with Gasteiger partial charge in [-0.15, -0.1) is 0 Å². The summed E-state index contributed by atoms with van der Waals surface area (Å²) in [6.07, 6.45) is 8.39. The molecule has 1 atom stereocenters. The molecule has 0 saturated carbocycles. The second kappa shape index (κ2) is 6.88. The van der Waals surface area contributed by atoms with Gasteiger partial charge in [0, 0.05) is 19.7 Å². The van der Waals surface area contributed by atoms with Gasteiger partial charge in [-0.1, -0.05) is 13.3 Å². The average Bonchev–Trinajstić information content (AvgIpc) is 2.83. The van der Waals surface area contributed by atoms with E-state index >= 15 is 0 Å². The van der Waals surface area contributed by atoms with Crippen LogP contribution in [0, 0.1) is 5.41 Å². The summed E-state index contributed by atoms with van der Waals surface area (Å²) in [6.45, 7) is 8.08. The van der Waals surface area contributed by atoms with Gasteiger partial charge >= 0.3 is 0 Å². The lowest BCUT2D eigenvalue weighted by Crippen LogP contribution is -2.45. The van der Waals surface area contributed by atoms with Crippen LogP contribution in [0.4, 0.5) is 0 Å². The third-order valence-corrected chi connectivity index (χ3v) is 4.59. The van der Waals surface area contributed by atoms with E-state index in [4.69, 9.17) is 4.74 Å². The highest BCUT2D eigenvalue weighted by Crippen LogP contribution is 2.34. The summed E-state index contributed by atoms with van der Waals surface area (Å²) >= 11 is 0. The molecule has 0 aromatic heterocycles. The Bertz CT molecular complexity index is 227. The van der Waals surface area contributed by atoms with Crippen LogP contribution in [0.25, 0.3) is 0 Å². The minimum absolute atomic E-state index is 0.496. The predicted molar refractivity (Wildman–Crippen MR) is 75.9 cm³/mol. The molecule has 2 aliphatic heterocycles. The highest BCUT2D eigenvalue weighted by Gasteiger charge is 2.32. The van der Waals surface area contributed by atoms with Crippen LogP contribution >= 0.6 is 0 Å². The third-order valence-electron chi connectivity index (χ3n) is 4.59. The van der Waals surface area contributed by atoms with Gasteiger partial charge in [0.15, 0.2) is 0 Å². The summed E-state index contributed by atoms with van der Waals surface area (Å²) in [7, 11) is 2.28. The SMILES string of the molecule is CCCC1(CN(C)CC2CCCO2)CCNCC1. The van der Waals surface area contributed by atoms with E-state index in [1.54, 1.807) is 0 Å². The first-order valence-corrected chi connectivity index (χ1v) is 7.75. The van der Waals surface area contributed by atoms with Gasteiger partial charge in [-0.05, 0) is 57.7 Å². The Morgan fingerprint density at radius 1 is 1.33 bits per heavy atom. The van der Waals surface area contributed by atoms with Crippen LogP contribution in [0.1, 0.15) is 45.4 Å². The largest absolute Gasteiger partial charge is 0.377 e. The van der Waals surface area contributed by atoms with Crippen molar-refractivity contribution in [3.05, 3.63) is 0 Å². The molecule has 0 spiro atoms. The molecule has 0 aromatic rings. The lowest BCUT2D eigenvalue weighted by Gasteiger charge is -2.41. The minimum Gasteiger partial charge on any atom is -0.377 e. The fraction of sp³-hybridized carbons (Fsp3) is 1.00. The lowest BCUT2D eigenvalue weighted by molar-refractivity contribution is 0.0531. The fourth-order valence-electron chi connectivity index (χ4n) is 3.75. The Morgan fingerprint density at radius 3 is 2.72 bits per heavy atom. The van der Waals surface area contributed by atoms with E-state index < -0.39 is 0 Å². The Labute approximate surface area is 112 Å². The minimum atomic E-state index is 0.496. The highest BCUT2D eigenvalue weighted by atomic mass is 16.5. The van der Waals surface area contributed by atoms with Crippen molar-refractivity contribution in [3.63, 3.8) is 0 Å². The molecule has 2 saturated heterocycles. The number of rotatable bonds is 6. The predicted octanol–water partition coefficient (Wildman–Crippen LogP) is 2.27. The van der Waals surface area contributed by atoms with E-state index in [-0.39, 0.29) is 0 Å². The molecule has 2 aliphatic rings. The van der Waals surface area contributed by atoms with Crippen LogP contribution in [0.3, 0.4) is 0 Å². The van der Waals surface area contributed by atoms with Gasteiger partial charge in [0.1, 0.15) is 0 Å². The van der Waals surface area contributed by atoms with Gasteiger partial charge in [0.2, 0.25) is 0 Å². The van der Waals surface area contributed by atoms with Crippen LogP contribution in [0.15, 0.2) is 0 Å². The fourth-order valence-corrected chi connectivity index (χ4v) is 3.75. The average molecular weight is 254 g/mol. The highest BCUT2D eigenvalue weighted by molar-refractivity contribution is 4.87. The summed E-state index contributed by atoms with van der Waals surface area (Å²) in [5.74, 6) is 0. The summed E-state index contributed by atoms with van der Waals surface area (Å²) < 4.78 is 5.75. The van der Waals surface area contributed by atoms with E-state index in [0.717, 1.165) is 13.2 Å². The molecule has 0 amide bonds. The number of hydrogen-bond donors (Lipinski definition) is 1. The zero-order valence-electron chi connectivity index (χ0n) is 12.2. The van der Waals surface area contributed by atoms with Crippen LogP contribution in [0.5, 0.6) is 0 Å². The van der Waals surface area contributed by atoms with Crippen LogP contribution in [-0.2, 0) is 4.74 Å². The molecule has 3 heteroatoms. The lowest BCUT2D eigenvalue weighted by atomic mass is 9.75. The molecule has 2 heterocycles. The molecular weight excluding hydrogens is 224 g/mol. The zero-order chi connectivity index (χ0) is 12.8. The second-order valence-electron chi connectivity index (χ2n) is 6.33. The molecular formula is C15H30N2O. The molecule has 0 bridgehead atoms. The van der Waals surface area contributed by atoms with Crippen LogP contribution in [0.2, 0.25) is 0 Å². The van der Waals surface area contributed by atoms with Crippen molar-refractivity contribution < 1.29 is 4.74 Å². The van der Waals surface area contributed by atoms with Crippen molar-refractivity contribution in [2.24, 2.45) is 5.41 Å². The van der Waals surface area contributed by atoms with E-state index in [9.17, 15) is 0 Å². The molecule has 1 unspecified atom stereocenters. The standard InChI is InChI=1S/C15H30N2O/c1-3-6-15(7-9-16-10-8-15)13-17(2)12-14-5-4-11-18-14/h14,16H,3-13H2,1-2H3. The third kappa shape index (κ3) is 3.94. The van der Waals surface area contributed by atoms with Crippen molar-refractivity contribution in [1.29, 1.82) is 0 Å². The maximum absolute atomic E-state index is 5.75. The number of piperidine rings is 1. The smallest absolute Gasteiger partial charge is 0.0702 e. The van der Waals surface area contributed by atoms with Crippen molar-refractivity contribution in [2.75, 3.05) is 39.8 Å². The topological polar surface area (TPSA) is 24.5 Å². The van der Waals surface area contributed by atoms with Crippen molar-refractivity contribution in [2.45, 2.75) is 51.6 Å². The molecule has 1 N–H and O–H groups in total. The Hall–Kier alpha value is -0.120. The number of nitrogens with zero attached hydrogens (tertiary/aromatic N) is 1. The first-order chi connectivity index (χ1) is 8.74. The van der Waals surface area contributed by atoms with Gasteiger partial charge < -0.3 is 15.0 Å². The Kier molecular flexibility index (Phi) is 5.46. The number of ether oxygens (including phenoxy) is 1. The van der Waals surface area contributed by atoms with Gasteiger partial charge in [0.05, 0.1) is 6.10 Å². The molecule has 0 aliphatic carbocycles. The second-order valence-corrected chi connectivity index (χ2v) is 6.33. The molecule has 18 heavy (non-hydrogen) atoms.